The summed E-state index contributed by atoms with van der Waals surface area (Å²) in [6.45, 7) is 8.58. The highest BCUT2D eigenvalue weighted by molar-refractivity contribution is 5.89. The van der Waals surface area contributed by atoms with Crippen molar-refractivity contribution in [3.8, 4) is 0 Å². The van der Waals surface area contributed by atoms with Gasteiger partial charge in [0.05, 0.1) is 12.7 Å². The average Bonchev–Trinajstić information content (AvgIpc) is 2.43. The molecule has 0 spiro atoms. The SMILES string of the molecule is COC(=O)c1ccc(CNC(=O)/C=C(\C)C(C)(C)C)cc1. The Morgan fingerprint density at radius 3 is 2.24 bits per heavy atom. The summed E-state index contributed by atoms with van der Waals surface area (Å²) < 4.78 is 4.63. The van der Waals surface area contributed by atoms with Crippen molar-refractivity contribution in [3.05, 3.63) is 47.0 Å². The first-order valence-corrected chi connectivity index (χ1v) is 6.88. The minimum absolute atomic E-state index is 0.0144. The molecule has 1 aromatic carbocycles. The van der Waals surface area contributed by atoms with Crippen LogP contribution in [0.1, 0.15) is 43.6 Å². The molecule has 0 saturated carbocycles. The van der Waals surface area contributed by atoms with Crippen LogP contribution < -0.4 is 5.32 Å². The molecular weight excluding hydrogens is 266 g/mol. The fourth-order valence-corrected chi connectivity index (χ4v) is 1.53. The molecular formula is C17H23NO3. The Bertz CT molecular complexity index is 536. The molecule has 114 valence electrons. The lowest BCUT2D eigenvalue weighted by Crippen LogP contribution is -2.22. The molecule has 0 aliphatic carbocycles. The van der Waals surface area contributed by atoms with E-state index in [2.05, 4.69) is 30.8 Å². The standard InChI is InChI=1S/C17H23NO3/c1-12(17(2,3)4)10-15(19)18-11-13-6-8-14(9-7-13)16(20)21-5/h6-10H,11H2,1-5H3,(H,18,19)/b12-10+. The van der Waals surface area contributed by atoms with Gasteiger partial charge in [0.1, 0.15) is 0 Å². The van der Waals surface area contributed by atoms with Crippen LogP contribution in [0.3, 0.4) is 0 Å². The smallest absolute Gasteiger partial charge is 0.337 e. The molecule has 1 N–H and O–H groups in total. The molecule has 4 heteroatoms. The molecule has 0 aliphatic rings. The molecule has 0 aliphatic heterocycles. The second-order valence-corrected chi connectivity index (χ2v) is 5.98. The average molecular weight is 289 g/mol. The molecule has 1 amide bonds. The van der Waals surface area contributed by atoms with Crippen molar-refractivity contribution < 1.29 is 14.3 Å². The monoisotopic (exact) mass is 289 g/mol. The number of esters is 1. The van der Waals surface area contributed by atoms with Gasteiger partial charge in [0.2, 0.25) is 5.91 Å². The number of benzene rings is 1. The van der Waals surface area contributed by atoms with Gasteiger partial charge in [-0.2, -0.15) is 0 Å². The van der Waals surface area contributed by atoms with Crippen molar-refractivity contribution >= 4 is 11.9 Å². The van der Waals surface area contributed by atoms with Crippen molar-refractivity contribution in [2.24, 2.45) is 5.41 Å². The van der Waals surface area contributed by atoms with Crippen LogP contribution >= 0.6 is 0 Å². The van der Waals surface area contributed by atoms with Crippen molar-refractivity contribution in [1.29, 1.82) is 0 Å². The molecule has 0 atom stereocenters. The van der Waals surface area contributed by atoms with Crippen LogP contribution in [-0.2, 0) is 16.1 Å². The van der Waals surface area contributed by atoms with E-state index in [-0.39, 0.29) is 17.3 Å². The highest BCUT2D eigenvalue weighted by Gasteiger charge is 2.13. The second kappa shape index (κ2) is 7.07. The van der Waals surface area contributed by atoms with Crippen molar-refractivity contribution in [1.82, 2.24) is 5.32 Å². The van der Waals surface area contributed by atoms with E-state index in [9.17, 15) is 9.59 Å². The number of amides is 1. The fraction of sp³-hybridized carbons (Fsp3) is 0.412. The number of carbonyl (C=O) groups excluding carboxylic acids is 2. The fourth-order valence-electron chi connectivity index (χ4n) is 1.53. The summed E-state index contributed by atoms with van der Waals surface area (Å²) in [7, 11) is 1.35. The van der Waals surface area contributed by atoms with E-state index in [1.165, 1.54) is 7.11 Å². The predicted molar refractivity (Wildman–Crippen MR) is 82.8 cm³/mol. The summed E-state index contributed by atoms with van der Waals surface area (Å²) in [5, 5.41) is 2.83. The third-order valence-corrected chi connectivity index (χ3v) is 3.37. The van der Waals surface area contributed by atoms with Crippen LogP contribution in [0, 0.1) is 5.41 Å². The Morgan fingerprint density at radius 1 is 1.19 bits per heavy atom. The van der Waals surface area contributed by atoms with E-state index in [4.69, 9.17) is 0 Å². The minimum atomic E-state index is -0.366. The number of ether oxygens (including phenoxy) is 1. The van der Waals surface area contributed by atoms with Crippen LogP contribution in [-0.4, -0.2) is 19.0 Å². The topological polar surface area (TPSA) is 55.4 Å². The van der Waals surface area contributed by atoms with Gasteiger partial charge in [0, 0.05) is 12.6 Å². The Balaban J connectivity index is 2.60. The first kappa shape index (κ1) is 17.0. The summed E-state index contributed by atoms with van der Waals surface area (Å²) >= 11 is 0. The number of allylic oxidation sites excluding steroid dienone is 1. The van der Waals surface area contributed by atoms with Crippen LogP contribution in [0.4, 0.5) is 0 Å². The third-order valence-electron chi connectivity index (χ3n) is 3.37. The highest BCUT2D eigenvalue weighted by Crippen LogP contribution is 2.23. The largest absolute Gasteiger partial charge is 0.465 e. The van der Waals surface area contributed by atoms with E-state index >= 15 is 0 Å². The van der Waals surface area contributed by atoms with Crippen LogP contribution in [0.2, 0.25) is 0 Å². The lowest BCUT2D eigenvalue weighted by Gasteiger charge is -2.19. The number of nitrogens with one attached hydrogen (secondary N) is 1. The first-order chi connectivity index (χ1) is 9.74. The van der Waals surface area contributed by atoms with Gasteiger partial charge in [0.25, 0.3) is 0 Å². The maximum Gasteiger partial charge on any atom is 0.337 e. The van der Waals surface area contributed by atoms with Crippen molar-refractivity contribution in [2.45, 2.75) is 34.2 Å². The molecule has 0 bridgehead atoms. The molecule has 4 nitrogen and oxygen atoms in total. The van der Waals surface area contributed by atoms with Crippen LogP contribution in [0.5, 0.6) is 0 Å². The zero-order valence-corrected chi connectivity index (χ0v) is 13.3. The van der Waals surface area contributed by atoms with E-state index in [0.717, 1.165) is 11.1 Å². The minimum Gasteiger partial charge on any atom is -0.465 e. The summed E-state index contributed by atoms with van der Waals surface area (Å²) in [5.74, 6) is -0.478. The Kier molecular flexibility index (Phi) is 5.70. The number of hydrogen-bond donors (Lipinski definition) is 1. The second-order valence-electron chi connectivity index (χ2n) is 5.98. The van der Waals surface area contributed by atoms with Crippen LogP contribution in [0.25, 0.3) is 0 Å². The number of carbonyl (C=O) groups is 2. The number of hydrogen-bond acceptors (Lipinski definition) is 3. The molecule has 0 fully saturated rings. The molecule has 0 aromatic heterocycles. The summed E-state index contributed by atoms with van der Waals surface area (Å²) in [6, 6.07) is 6.97. The number of rotatable bonds is 4. The van der Waals surface area contributed by atoms with Gasteiger partial charge < -0.3 is 10.1 Å². The Hall–Kier alpha value is -2.10. The lowest BCUT2D eigenvalue weighted by atomic mass is 9.87. The summed E-state index contributed by atoms with van der Waals surface area (Å²) in [6.07, 6.45) is 1.63. The zero-order valence-electron chi connectivity index (χ0n) is 13.3. The normalized spacial score (nSPS) is 12.0. The zero-order chi connectivity index (χ0) is 16.0. The van der Waals surface area contributed by atoms with E-state index in [0.29, 0.717) is 12.1 Å². The predicted octanol–water partition coefficient (Wildman–Crippen LogP) is 3.08. The maximum atomic E-state index is 11.8. The quantitative estimate of drug-likeness (QED) is 0.684. The van der Waals surface area contributed by atoms with Crippen molar-refractivity contribution in [2.75, 3.05) is 7.11 Å². The highest BCUT2D eigenvalue weighted by atomic mass is 16.5. The Morgan fingerprint density at radius 2 is 1.76 bits per heavy atom. The molecule has 0 radical (unpaired) electrons. The molecule has 0 saturated heterocycles. The van der Waals surface area contributed by atoms with E-state index < -0.39 is 0 Å². The summed E-state index contributed by atoms with van der Waals surface area (Å²) in [4.78, 5) is 23.1. The molecule has 0 heterocycles. The van der Waals surface area contributed by atoms with Gasteiger partial charge in [0.15, 0.2) is 0 Å². The van der Waals surface area contributed by atoms with E-state index in [1.54, 1.807) is 30.3 Å². The van der Waals surface area contributed by atoms with Gasteiger partial charge in [-0.1, -0.05) is 38.5 Å². The molecule has 21 heavy (non-hydrogen) atoms. The first-order valence-electron chi connectivity index (χ1n) is 6.88. The van der Waals surface area contributed by atoms with Gasteiger partial charge in [-0.3, -0.25) is 4.79 Å². The van der Waals surface area contributed by atoms with Gasteiger partial charge in [-0.15, -0.1) is 0 Å². The third kappa shape index (κ3) is 5.42. The maximum absolute atomic E-state index is 11.8. The number of methoxy groups -OCH3 is 1. The van der Waals surface area contributed by atoms with Crippen molar-refractivity contribution in [3.63, 3.8) is 0 Å². The molecule has 1 rings (SSSR count). The van der Waals surface area contributed by atoms with Gasteiger partial charge >= 0.3 is 5.97 Å². The van der Waals surface area contributed by atoms with Gasteiger partial charge in [-0.05, 0) is 30.0 Å². The molecule has 1 aromatic rings. The van der Waals surface area contributed by atoms with Crippen LogP contribution in [0.15, 0.2) is 35.9 Å². The van der Waals surface area contributed by atoms with E-state index in [1.807, 2.05) is 6.92 Å². The lowest BCUT2D eigenvalue weighted by molar-refractivity contribution is -0.116. The van der Waals surface area contributed by atoms with Gasteiger partial charge in [-0.25, -0.2) is 4.79 Å². The Labute approximate surface area is 126 Å². The molecule has 0 unspecified atom stereocenters. The summed E-state index contributed by atoms with van der Waals surface area (Å²) in [5.41, 5.74) is 2.44.